The molecular weight excluding hydrogens is 458 g/mol. The molecule has 0 fully saturated rings. The number of halogens is 1. The monoisotopic (exact) mass is 489 g/mol. The first-order valence-electron chi connectivity index (χ1n) is 10.7. The fourth-order valence-corrected chi connectivity index (χ4v) is 2.84. The first-order chi connectivity index (χ1) is 15.9. The van der Waals surface area contributed by atoms with Gasteiger partial charge in [-0.25, -0.2) is 5.84 Å². The van der Waals surface area contributed by atoms with Gasteiger partial charge in [0.25, 0.3) is 0 Å². The van der Waals surface area contributed by atoms with Crippen molar-refractivity contribution in [1.82, 2.24) is 15.5 Å². The second-order valence-corrected chi connectivity index (χ2v) is 8.14. The molecule has 1 atom stereocenters. The molecule has 1 heterocycles. The SMILES string of the molecule is CC(C)(COc1ccc(NN)nn1)NCC(O)COc1ccccc1OCc1ccccc1.Cl. The second kappa shape index (κ2) is 13.6. The van der Waals surface area contributed by atoms with Crippen LogP contribution in [0, 0.1) is 0 Å². The van der Waals surface area contributed by atoms with Crippen molar-refractivity contribution < 1.29 is 19.3 Å². The van der Waals surface area contributed by atoms with Crippen LogP contribution in [0.5, 0.6) is 17.4 Å². The lowest BCUT2D eigenvalue weighted by atomic mass is 10.1. The van der Waals surface area contributed by atoms with Crippen molar-refractivity contribution in [1.29, 1.82) is 0 Å². The number of anilines is 1. The Morgan fingerprint density at radius 2 is 1.59 bits per heavy atom. The molecule has 3 aromatic rings. The molecule has 0 amide bonds. The van der Waals surface area contributed by atoms with Gasteiger partial charge in [0.1, 0.15) is 25.9 Å². The molecule has 0 bridgehead atoms. The highest BCUT2D eigenvalue weighted by atomic mass is 35.5. The van der Waals surface area contributed by atoms with E-state index < -0.39 is 11.6 Å². The average Bonchev–Trinajstić information content (AvgIpc) is 2.85. The molecule has 34 heavy (non-hydrogen) atoms. The summed E-state index contributed by atoms with van der Waals surface area (Å²) in [7, 11) is 0. The highest BCUT2D eigenvalue weighted by Gasteiger charge is 2.20. The van der Waals surface area contributed by atoms with E-state index in [4.69, 9.17) is 20.1 Å². The van der Waals surface area contributed by atoms with Crippen molar-refractivity contribution in [3.05, 3.63) is 72.3 Å². The highest BCUT2D eigenvalue weighted by molar-refractivity contribution is 5.85. The van der Waals surface area contributed by atoms with Gasteiger partial charge in [0.05, 0.1) is 0 Å². The van der Waals surface area contributed by atoms with E-state index in [0.29, 0.717) is 43.0 Å². The number of nitrogen functional groups attached to an aromatic ring is 1. The molecular formula is C24H32ClN5O4. The third-order valence-corrected chi connectivity index (χ3v) is 4.70. The molecule has 9 nitrogen and oxygen atoms in total. The molecule has 0 radical (unpaired) electrons. The summed E-state index contributed by atoms with van der Waals surface area (Å²) in [5.41, 5.74) is 3.07. The largest absolute Gasteiger partial charge is 0.487 e. The molecule has 0 spiro atoms. The number of benzene rings is 2. The number of aliphatic hydroxyl groups excluding tert-OH is 1. The normalized spacial score (nSPS) is 11.8. The zero-order valence-electron chi connectivity index (χ0n) is 19.3. The lowest BCUT2D eigenvalue weighted by Gasteiger charge is -2.27. The van der Waals surface area contributed by atoms with E-state index in [0.717, 1.165) is 5.56 Å². The molecule has 3 rings (SSSR count). The predicted octanol–water partition coefficient (Wildman–Crippen LogP) is 2.95. The van der Waals surface area contributed by atoms with Crippen molar-refractivity contribution >= 4 is 18.2 Å². The molecule has 2 aromatic carbocycles. The van der Waals surface area contributed by atoms with Crippen LogP contribution >= 0.6 is 12.4 Å². The van der Waals surface area contributed by atoms with Gasteiger partial charge in [0.15, 0.2) is 17.3 Å². The van der Waals surface area contributed by atoms with Gasteiger partial charge in [-0.15, -0.1) is 22.6 Å². The molecule has 0 aliphatic rings. The summed E-state index contributed by atoms with van der Waals surface area (Å²) >= 11 is 0. The van der Waals surface area contributed by atoms with Crippen molar-refractivity contribution in [2.24, 2.45) is 5.84 Å². The number of hydrazine groups is 1. The third kappa shape index (κ3) is 9.03. The van der Waals surface area contributed by atoms with Crippen LogP contribution in [0.1, 0.15) is 19.4 Å². The Morgan fingerprint density at radius 3 is 2.24 bits per heavy atom. The van der Waals surface area contributed by atoms with Crippen LogP contribution in [0.25, 0.3) is 0 Å². The van der Waals surface area contributed by atoms with Crippen LogP contribution in [-0.2, 0) is 6.61 Å². The zero-order chi connectivity index (χ0) is 23.5. The predicted molar refractivity (Wildman–Crippen MR) is 133 cm³/mol. The number of hydrogen-bond donors (Lipinski definition) is 4. The number of β-amino-alcohol motifs (C(OH)–C–C–N with tert-alkyl or cyclic N) is 1. The van der Waals surface area contributed by atoms with Crippen LogP contribution in [0.4, 0.5) is 5.82 Å². The quantitative estimate of drug-likeness (QED) is 0.212. The fourth-order valence-electron chi connectivity index (χ4n) is 2.84. The van der Waals surface area contributed by atoms with Gasteiger partial charge in [-0.2, -0.15) is 0 Å². The number of aromatic nitrogens is 2. The molecule has 5 N–H and O–H groups in total. The molecule has 1 unspecified atom stereocenters. The first-order valence-corrected chi connectivity index (χ1v) is 10.7. The van der Waals surface area contributed by atoms with Crippen molar-refractivity contribution in [3.8, 4) is 17.4 Å². The maximum Gasteiger partial charge on any atom is 0.233 e. The van der Waals surface area contributed by atoms with Gasteiger partial charge in [0.2, 0.25) is 5.88 Å². The van der Waals surface area contributed by atoms with E-state index in [2.05, 4.69) is 20.9 Å². The van der Waals surface area contributed by atoms with Gasteiger partial charge in [-0.3, -0.25) is 0 Å². The molecule has 0 saturated heterocycles. The molecule has 184 valence electrons. The highest BCUT2D eigenvalue weighted by Crippen LogP contribution is 2.27. The maximum atomic E-state index is 10.4. The maximum absolute atomic E-state index is 10.4. The lowest BCUT2D eigenvalue weighted by molar-refractivity contribution is 0.0903. The molecule has 0 aliphatic heterocycles. The second-order valence-electron chi connectivity index (χ2n) is 8.14. The number of nitrogens with one attached hydrogen (secondary N) is 2. The Labute approximate surface area is 206 Å². The number of nitrogens with two attached hydrogens (primary N) is 1. The number of ether oxygens (including phenoxy) is 3. The first kappa shape index (κ1) is 27.1. The van der Waals surface area contributed by atoms with Crippen LogP contribution in [0.3, 0.4) is 0 Å². The summed E-state index contributed by atoms with van der Waals surface area (Å²) in [6, 6.07) is 20.7. The van der Waals surface area contributed by atoms with Gasteiger partial charge in [-0.1, -0.05) is 42.5 Å². The third-order valence-electron chi connectivity index (χ3n) is 4.70. The minimum atomic E-state index is -0.721. The smallest absolute Gasteiger partial charge is 0.233 e. The fraction of sp³-hybridized carbons (Fsp3) is 0.333. The Balaban J connectivity index is 0.00000408. The Kier molecular flexibility index (Phi) is 10.8. The minimum absolute atomic E-state index is 0. The topological polar surface area (TPSA) is 124 Å². The number of hydrogen-bond acceptors (Lipinski definition) is 9. The van der Waals surface area contributed by atoms with Crippen LogP contribution in [0.15, 0.2) is 66.7 Å². The van der Waals surface area contributed by atoms with Gasteiger partial charge in [-0.05, 0) is 37.6 Å². The van der Waals surface area contributed by atoms with E-state index in [-0.39, 0.29) is 19.0 Å². The van der Waals surface area contributed by atoms with E-state index in [1.807, 2.05) is 68.4 Å². The Hall–Kier alpha value is -3.11. The van der Waals surface area contributed by atoms with E-state index in [1.54, 1.807) is 12.1 Å². The average molecular weight is 490 g/mol. The Bertz CT molecular complexity index is 977. The molecule has 1 aromatic heterocycles. The zero-order valence-corrected chi connectivity index (χ0v) is 20.1. The van der Waals surface area contributed by atoms with E-state index >= 15 is 0 Å². The van der Waals surface area contributed by atoms with Gasteiger partial charge in [0, 0.05) is 18.2 Å². The summed E-state index contributed by atoms with van der Waals surface area (Å²) in [6.45, 7) is 5.16. The summed E-state index contributed by atoms with van der Waals surface area (Å²) in [4.78, 5) is 0. The summed E-state index contributed by atoms with van der Waals surface area (Å²) in [6.07, 6.45) is -0.721. The van der Waals surface area contributed by atoms with Crippen LogP contribution < -0.4 is 30.8 Å². The van der Waals surface area contributed by atoms with Crippen LogP contribution in [0.2, 0.25) is 0 Å². The van der Waals surface area contributed by atoms with E-state index in [1.165, 1.54) is 0 Å². The number of nitrogens with zero attached hydrogens (tertiary/aromatic N) is 2. The summed E-state index contributed by atoms with van der Waals surface area (Å²) in [5.74, 6) is 7.34. The molecule has 10 heteroatoms. The van der Waals surface area contributed by atoms with Gasteiger partial charge >= 0.3 is 0 Å². The molecule has 0 saturated carbocycles. The minimum Gasteiger partial charge on any atom is -0.487 e. The van der Waals surface area contributed by atoms with E-state index in [9.17, 15) is 5.11 Å². The summed E-state index contributed by atoms with van der Waals surface area (Å²) < 4.78 is 17.4. The summed E-state index contributed by atoms with van der Waals surface area (Å²) in [5, 5.41) is 21.5. The van der Waals surface area contributed by atoms with Crippen molar-refractivity contribution in [2.45, 2.75) is 32.1 Å². The number of rotatable bonds is 13. The number of aliphatic hydroxyl groups is 1. The lowest BCUT2D eigenvalue weighted by Crippen LogP contribution is -2.48. The van der Waals surface area contributed by atoms with Gasteiger partial charge < -0.3 is 30.1 Å². The van der Waals surface area contributed by atoms with Crippen LogP contribution in [-0.4, -0.2) is 46.7 Å². The van der Waals surface area contributed by atoms with Crippen molar-refractivity contribution in [3.63, 3.8) is 0 Å². The Morgan fingerprint density at radius 1 is 0.912 bits per heavy atom. The standard InChI is InChI=1S/C24H31N5O4.ClH/c1-24(2,17-33-23-13-12-22(27-25)28-29-23)26-14-19(30)16-32-21-11-7-6-10-20(21)31-15-18-8-4-3-5-9-18;/h3-13,19,26,30H,14-17,25H2,1-2H3,(H,27,28);1H. The molecule has 0 aliphatic carbocycles. The van der Waals surface area contributed by atoms with Crippen molar-refractivity contribution in [2.75, 3.05) is 25.2 Å². The number of para-hydroxylation sites is 2.